The van der Waals surface area contributed by atoms with E-state index in [2.05, 4.69) is 22.1 Å². The number of aromatic nitrogens is 1. The molecule has 1 aromatic rings. The molecule has 0 saturated carbocycles. The molecule has 0 radical (unpaired) electrons. The molecule has 6 nitrogen and oxygen atoms in total. The van der Waals surface area contributed by atoms with Crippen LogP contribution in [0.5, 0.6) is 0 Å². The second kappa shape index (κ2) is 7.36. The molecule has 0 bridgehead atoms. The molecule has 1 aromatic heterocycles. The van der Waals surface area contributed by atoms with Gasteiger partial charge in [0.15, 0.2) is 0 Å². The molecule has 1 fully saturated rings. The smallest absolute Gasteiger partial charge is 0.290 e. The largest absolute Gasteiger partial charge is 0.370 e. The maximum absolute atomic E-state index is 10.8. The van der Waals surface area contributed by atoms with Gasteiger partial charge in [0.25, 0.3) is 5.69 Å². The Balaban J connectivity index is 1.81. The van der Waals surface area contributed by atoms with Gasteiger partial charge >= 0.3 is 0 Å². The number of pyridine rings is 1. The molecule has 0 amide bonds. The normalized spacial score (nSPS) is 16.9. The van der Waals surface area contributed by atoms with Crippen molar-refractivity contribution in [3.05, 3.63) is 27.9 Å². The van der Waals surface area contributed by atoms with Crippen LogP contribution in [0.2, 0.25) is 0 Å². The van der Waals surface area contributed by atoms with Crippen LogP contribution >= 0.6 is 0 Å². The summed E-state index contributed by atoms with van der Waals surface area (Å²) in [5, 5.41) is 14.1. The van der Waals surface area contributed by atoms with Gasteiger partial charge in [-0.25, -0.2) is 4.98 Å². The van der Waals surface area contributed by atoms with Gasteiger partial charge in [-0.1, -0.05) is 6.92 Å². The van der Waals surface area contributed by atoms with Gasteiger partial charge in [0.2, 0.25) is 0 Å². The third-order valence-corrected chi connectivity index (χ3v) is 4.10. The van der Waals surface area contributed by atoms with Crippen molar-refractivity contribution in [3.8, 4) is 0 Å². The van der Waals surface area contributed by atoms with Gasteiger partial charge in [-0.05, 0) is 57.8 Å². The average molecular weight is 292 g/mol. The van der Waals surface area contributed by atoms with E-state index >= 15 is 0 Å². The molecule has 0 aromatic carbocycles. The van der Waals surface area contributed by atoms with Crippen LogP contribution in [0.25, 0.3) is 0 Å². The maximum atomic E-state index is 10.8. The van der Waals surface area contributed by atoms with Gasteiger partial charge in [0.1, 0.15) is 12.0 Å². The molecule has 0 spiro atoms. The van der Waals surface area contributed by atoms with Crippen molar-refractivity contribution in [3.63, 3.8) is 0 Å². The molecule has 2 heterocycles. The van der Waals surface area contributed by atoms with Gasteiger partial charge in [-0.2, -0.15) is 0 Å². The van der Waals surface area contributed by atoms with Crippen LogP contribution < -0.4 is 5.32 Å². The zero-order valence-electron chi connectivity index (χ0n) is 12.8. The molecule has 1 N–H and O–H groups in total. The molecule has 1 aliphatic heterocycles. The number of piperidine rings is 1. The third kappa shape index (κ3) is 4.39. The van der Waals surface area contributed by atoms with Crippen LogP contribution in [-0.2, 0) is 0 Å². The Hall–Kier alpha value is -1.69. The Bertz CT molecular complexity index is 485. The lowest BCUT2D eigenvalue weighted by atomic mass is 9.96. The molecule has 21 heavy (non-hydrogen) atoms. The summed E-state index contributed by atoms with van der Waals surface area (Å²) in [4.78, 5) is 17.0. The van der Waals surface area contributed by atoms with E-state index in [1.165, 1.54) is 45.1 Å². The highest BCUT2D eigenvalue weighted by molar-refractivity contribution is 5.46. The summed E-state index contributed by atoms with van der Waals surface area (Å²) in [6, 6.07) is 1.75. The molecular weight excluding hydrogens is 268 g/mol. The van der Waals surface area contributed by atoms with Crippen molar-refractivity contribution in [2.45, 2.75) is 33.1 Å². The van der Waals surface area contributed by atoms with Crippen molar-refractivity contribution < 1.29 is 4.92 Å². The fraction of sp³-hybridized carbons (Fsp3) is 0.667. The Labute approximate surface area is 125 Å². The van der Waals surface area contributed by atoms with Crippen molar-refractivity contribution in [1.82, 2.24) is 9.88 Å². The Kier molecular flexibility index (Phi) is 5.50. The number of hydrogen-bond acceptors (Lipinski definition) is 5. The minimum absolute atomic E-state index is 0.0772. The zero-order chi connectivity index (χ0) is 15.2. The fourth-order valence-electron chi connectivity index (χ4n) is 2.82. The van der Waals surface area contributed by atoms with E-state index in [4.69, 9.17) is 0 Å². The Morgan fingerprint density at radius 3 is 2.76 bits per heavy atom. The predicted molar refractivity (Wildman–Crippen MR) is 83.6 cm³/mol. The first kappa shape index (κ1) is 15.7. The summed E-state index contributed by atoms with van der Waals surface area (Å²) < 4.78 is 0. The number of nitrogens with zero attached hydrogens (tertiary/aromatic N) is 3. The lowest BCUT2D eigenvalue weighted by Crippen LogP contribution is -2.36. The van der Waals surface area contributed by atoms with Gasteiger partial charge in [-0.3, -0.25) is 10.1 Å². The van der Waals surface area contributed by atoms with E-state index in [0.29, 0.717) is 11.5 Å². The SMILES string of the molecule is CCCN1CCC(CNc2cc(C)c([N+](=O)[O-])cn2)CC1. The summed E-state index contributed by atoms with van der Waals surface area (Å²) in [5.41, 5.74) is 0.726. The number of nitro groups is 1. The number of nitrogens with one attached hydrogen (secondary N) is 1. The highest BCUT2D eigenvalue weighted by atomic mass is 16.6. The minimum atomic E-state index is -0.393. The van der Waals surface area contributed by atoms with Crippen LogP contribution in [0.15, 0.2) is 12.3 Å². The second-order valence-corrected chi connectivity index (χ2v) is 5.78. The van der Waals surface area contributed by atoms with E-state index < -0.39 is 4.92 Å². The van der Waals surface area contributed by atoms with E-state index in [1.807, 2.05) is 0 Å². The van der Waals surface area contributed by atoms with Gasteiger partial charge in [-0.15, -0.1) is 0 Å². The standard InChI is InChI=1S/C15H24N4O2/c1-3-6-18-7-4-13(5-8-18)10-16-15-9-12(2)14(11-17-15)19(20)21/h9,11,13H,3-8,10H2,1-2H3,(H,16,17). The summed E-state index contributed by atoms with van der Waals surface area (Å²) in [7, 11) is 0. The van der Waals surface area contributed by atoms with E-state index in [0.717, 1.165) is 12.4 Å². The van der Waals surface area contributed by atoms with E-state index in [9.17, 15) is 10.1 Å². The van der Waals surface area contributed by atoms with Crippen LogP contribution in [0.4, 0.5) is 11.5 Å². The van der Waals surface area contributed by atoms with Crippen molar-refractivity contribution in [1.29, 1.82) is 0 Å². The number of hydrogen-bond donors (Lipinski definition) is 1. The van der Waals surface area contributed by atoms with Gasteiger partial charge in [0, 0.05) is 12.1 Å². The predicted octanol–water partition coefficient (Wildman–Crippen LogP) is 2.83. The molecule has 116 valence electrons. The lowest BCUT2D eigenvalue weighted by molar-refractivity contribution is -0.385. The maximum Gasteiger partial charge on any atom is 0.290 e. The van der Waals surface area contributed by atoms with E-state index in [1.54, 1.807) is 13.0 Å². The molecule has 0 atom stereocenters. The molecule has 0 aliphatic carbocycles. The number of likely N-dealkylation sites (tertiary alicyclic amines) is 1. The first-order chi connectivity index (χ1) is 10.1. The zero-order valence-corrected chi connectivity index (χ0v) is 12.8. The Morgan fingerprint density at radius 2 is 2.19 bits per heavy atom. The summed E-state index contributed by atoms with van der Waals surface area (Å²) in [6.45, 7) is 8.40. The van der Waals surface area contributed by atoms with Crippen molar-refractivity contribution >= 4 is 11.5 Å². The summed E-state index contributed by atoms with van der Waals surface area (Å²) in [6.07, 6.45) is 4.97. The van der Waals surface area contributed by atoms with Crippen LogP contribution in [0.3, 0.4) is 0 Å². The summed E-state index contributed by atoms with van der Waals surface area (Å²) in [5.74, 6) is 1.39. The highest BCUT2D eigenvalue weighted by Gasteiger charge is 2.18. The number of anilines is 1. The van der Waals surface area contributed by atoms with Gasteiger partial charge in [0.05, 0.1) is 4.92 Å². The minimum Gasteiger partial charge on any atom is -0.370 e. The monoisotopic (exact) mass is 292 g/mol. The quantitative estimate of drug-likeness (QED) is 0.645. The molecule has 6 heteroatoms. The molecular formula is C15H24N4O2. The Morgan fingerprint density at radius 1 is 1.48 bits per heavy atom. The van der Waals surface area contributed by atoms with Gasteiger partial charge < -0.3 is 10.2 Å². The van der Waals surface area contributed by atoms with Crippen LogP contribution in [0.1, 0.15) is 31.7 Å². The lowest BCUT2D eigenvalue weighted by Gasteiger charge is -2.31. The molecule has 1 aliphatic rings. The molecule has 1 saturated heterocycles. The van der Waals surface area contributed by atoms with Crippen molar-refractivity contribution in [2.24, 2.45) is 5.92 Å². The van der Waals surface area contributed by atoms with Crippen LogP contribution in [0, 0.1) is 23.0 Å². The number of rotatable bonds is 6. The molecule has 0 unspecified atom stereocenters. The number of aryl methyl sites for hydroxylation is 1. The first-order valence-electron chi connectivity index (χ1n) is 7.67. The second-order valence-electron chi connectivity index (χ2n) is 5.78. The first-order valence-corrected chi connectivity index (χ1v) is 7.67. The topological polar surface area (TPSA) is 71.3 Å². The van der Waals surface area contributed by atoms with Crippen molar-refractivity contribution in [2.75, 3.05) is 31.5 Å². The molecule has 2 rings (SSSR count). The third-order valence-electron chi connectivity index (χ3n) is 4.10. The van der Waals surface area contributed by atoms with Crippen LogP contribution in [-0.4, -0.2) is 41.0 Å². The fourth-order valence-corrected chi connectivity index (χ4v) is 2.82. The summed E-state index contributed by atoms with van der Waals surface area (Å²) >= 11 is 0. The average Bonchev–Trinajstić information content (AvgIpc) is 2.46. The highest BCUT2D eigenvalue weighted by Crippen LogP contribution is 2.21. The van der Waals surface area contributed by atoms with E-state index in [-0.39, 0.29) is 5.69 Å².